The number of carbonyl (C=O) groups is 1. The van der Waals surface area contributed by atoms with E-state index in [0.717, 1.165) is 11.1 Å². The molecule has 2 aromatic heterocycles. The Kier molecular flexibility index (Phi) is 6.50. The van der Waals surface area contributed by atoms with Gasteiger partial charge < -0.3 is 19.9 Å². The smallest absolute Gasteiger partial charge is 0.417 e. The van der Waals surface area contributed by atoms with Crippen molar-refractivity contribution in [3.63, 3.8) is 0 Å². The average Bonchev–Trinajstić information content (AvgIpc) is 3.08. The number of fused-ring (bicyclic) bond motifs is 1. The number of thiophene rings is 1. The van der Waals surface area contributed by atoms with Crippen molar-refractivity contribution in [2.24, 2.45) is 0 Å². The molecule has 0 bridgehead atoms. The Balaban J connectivity index is 1.78. The van der Waals surface area contributed by atoms with Crippen LogP contribution < -0.4 is 20.1 Å². The number of hydrogen-bond acceptors (Lipinski definition) is 8. The highest BCUT2D eigenvalue weighted by atomic mass is 35.5. The molecule has 28 heavy (non-hydrogen) atoms. The molecule has 0 saturated heterocycles. The second-order valence-electron chi connectivity index (χ2n) is 5.80. The van der Waals surface area contributed by atoms with Crippen molar-refractivity contribution >= 4 is 50.9 Å². The lowest BCUT2D eigenvalue weighted by Gasteiger charge is -2.13. The van der Waals surface area contributed by atoms with Crippen LogP contribution in [0.2, 0.25) is 5.02 Å². The van der Waals surface area contributed by atoms with E-state index in [0.29, 0.717) is 33.7 Å². The molecule has 3 aromatic rings. The average molecular weight is 423 g/mol. The summed E-state index contributed by atoms with van der Waals surface area (Å²) in [6, 6.07) is 4.72. The molecule has 0 saturated carbocycles. The molecule has 0 radical (unpaired) electrons. The van der Waals surface area contributed by atoms with Crippen LogP contribution in [0.5, 0.6) is 11.5 Å². The zero-order valence-corrected chi connectivity index (χ0v) is 16.8. The molecule has 1 amide bonds. The summed E-state index contributed by atoms with van der Waals surface area (Å²) in [7, 11) is 1.49. The first-order chi connectivity index (χ1) is 13.5. The third-order valence-electron chi connectivity index (χ3n) is 3.93. The van der Waals surface area contributed by atoms with Gasteiger partial charge in [0.05, 0.1) is 36.3 Å². The van der Waals surface area contributed by atoms with Crippen molar-refractivity contribution in [3.8, 4) is 11.5 Å². The topological polar surface area (TPSA) is 106 Å². The Morgan fingerprint density at radius 1 is 1.39 bits per heavy atom. The largest absolute Gasteiger partial charge is 0.495 e. The van der Waals surface area contributed by atoms with Crippen LogP contribution in [0, 0.1) is 0 Å². The number of benzene rings is 1. The van der Waals surface area contributed by atoms with E-state index >= 15 is 0 Å². The number of carbonyl (C=O) groups excluding carboxylic acids is 1. The molecule has 1 unspecified atom stereocenters. The molecule has 8 nitrogen and oxygen atoms in total. The summed E-state index contributed by atoms with van der Waals surface area (Å²) < 4.78 is 11.4. The fourth-order valence-corrected chi connectivity index (χ4v) is 3.36. The Morgan fingerprint density at radius 3 is 2.93 bits per heavy atom. The van der Waals surface area contributed by atoms with Crippen molar-refractivity contribution in [1.29, 1.82) is 0 Å². The summed E-state index contributed by atoms with van der Waals surface area (Å²) in [4.78, 5) is 21.0. The monoisotopic (exact) mass is 422 g/mol. The number of amides is 1. The first kappa shape index (κ1) is 20.1. The fraction of sp³-hybridized carbons (Fsp3) is 0.278. The highest BCUT2D eigenvalue weighted by Gasteiger charge is 2.16. The summed E-state index contributed by atoms with van der Waals surface area (Å²) in [5, 5.41) is 17.1. The van der Waals surface area contributed by atoms with Gasteiger partial charge in [0.2, 0.25) is 5.95 Å². The van der Waals surface area contributed by atoms with Crippen LogP contribution in [0.15, 0.2) is 29.8 Å². The van der Waals surface area contributed by atoms with E-state index in [1.165, 1.54) is 18.4 Å². The predicted molar refractivity (Wildman–Crippen MR) is 110 cm³/mol. The lowest BCUT2D eigenvalue weighted by Crippen LogP contribution is -2.23. The van der Waals surface area contributed by atoms with Gasteiger partial charge in [0.15, 0.2) is 5.75 Å². The molecule has 0 aliphatic heterocycles. The summed E-state index contributed by atoms with van der Waals surface area (Å²) in [6.45, 7) is 1.91. The third-order valence-corrected chi connectivity index (χ3v) is 5.05. The van der Waals surface area contributed by atoms with Gasteiger partial charge in [-0.05, 0) is 24.6 Å². The van der Waals surface area contributed by atoms with Crippen molar-refractivity contribution in [2.75, 3.05) is 24.4 Å². The maximum Gasteiger partial charge on any atom is 0.417 e. The van der Waals surface area contributed by atoms with Gasteiger partial charge in [0.25, 0.3) is 0 Å². The number of aliphatic hydroxyl groups excluding tert-OH is 1. The van der Waals surface area contributed by atoms with Crippen LogP contribution in [0.4, 0.5) is 16.4 Å². The Morgan fingerprint density at radius 2 is 2.21 bits per heavy atom. The highest BCUT2D eigenvalue weighted by Crippen LogP contribution is 2.32. The molecular weight excluding hydrogens is 404 g/mol. The fourth-order valence-electron chi connectivity index (χ4n) is 2.42. The number of anilines is 2. The van der Waals surface area contributed by atoms with Gasteiger partial charge in [-0.2, -0.15) is 0 Å². The van der Waals surface area contributed by atoms with Crippen molar-refractivity contribution in [2.45, 2.75) is 19.4 Å². The number of methoxy groups -OCH3 is 1. The number of nitrogens with one attached hydrogen (secondary N) is 2. The first-order valence-corrected chi connectivity index (χ1v) is 9.73. The van der Waals surface area contributed by atoms with Crippen molar-refractivity contribution in [3.05, 3.63) is 34.8 Å². The van der Waals surface area contributed by atoms with E-state index in [2.05, 4.69) is 20.6 Å². The maximum atomic E-state index is 12.3. The zero-order chi connectivity index (χ0) is 20.1. The number of aromatic nitrogens is 2. The summed E-state index contributed by atoms with van der Waals surface area (Å²) in [6.07, 6.45) is 1.66. The summed E-state index contributed by atoms with van der Waals surface area (Å²) in [5.41, 5.74) is 0.897. The number of hydrogen-bond donors (Lipinski definition) is 3. The lowest BCUT2D eigenvalue weighted by molar-refractivity contribution is 0.215. The van der Waals surface area contributed by atoms with Crippen molar-refractivity contribution in [1.82, 2.24) is 9.97 Å². The lowest BCUT2D eigenvalue weighted by atomic mass is 10.2. The van der Waals surface area contributed by atoms with E-state index in [1.54, 1.807) is 29.8 Å². The molecule has 1 aromatic carbocycles. The van der Waals surface area contributed by atoms with E-state index in [1.807, 2.05) is 6.92 Å². The number of halogens is 1. The normalized spacial score (nSPS) is 11.9. The summed E-state index contributed by atoms with van der Waals surface area (Å²) in [5.74, 6) is 1.12. The molecule has 0 spiro atoms. The van der Waals surface area contributed by atoms with Gasteiger partial charge in [0, 0.05) is 10.4 Å². The van der Waals surface area contributed by atoms with E-state index in [4.69, 9.17) is 21.1 Å². The number of ether oxygens (including phenoxy) is 2. The molecular formula is C18H19ClN4O4S. The van der Waals surface area contributed by atoms with Crippen LogP contribution >= 0.6 is 22.9 Å². The van der Waals surface area contributed by atoms with Crippen LogP contribution in [0.3, 0.4) is 0 Å². The van der Waals surface area contributed by atoms with Crippen LogP contribution in [0.1, 0.15) is 13.3 Å². The van der Waals surface area contributed by atoms with Gasteiger partial charge in [0.1, 0.15) is 11.3 Å². The number of aliphatic hydroxyl groups is 1. The maximum absolute atomic E-state index is 12.3. The van der Waals surface area contributed by atoms with E-state index in [-0.39, 0.29) is 12.6 Å². The number of nitrogens with zero attached hydrogens (tertiary/aromatic N) is 2. The quantitative estimate of drug-likeness (QED) is 0.525. The Hall–Kier alpha value is -2.62. The summed E-state index contributed by atoms with van der Waals surface area (Å²) >= 11 is 7.33. The molecule has 2 heterocycles. The minimum absolute atomic E-state index is 0.0330. The molecule has 148 valence electrons. The predicted octanol–water partition coefficient (Wildman–Crippen LogP) is 4.15. The van der Waals surface area contributed by atoms with Gasteiger partial charge >= 0.3 is 6.09 Å². The van der Waals surface area contributed by atoms with Gasteiger partial charge in [-0.3, -0.25) is 5.32 Å². The molecule has 0 fully saturated rings. The highest BCUT2D eigenvalue weighted by molar-refractivity contribution is 7.17. The Bertz CT molecular complexity index is 977. The third kappa shape index (κ3) is 4.61. The molecule has 1 atom stereocenters. The standard InChI is InChI=1S/C18H19ClN4O4S/c1-3-11(8-24)21-17-20-7-15-16(23-17)14(9-28-15)27-18(25)22-12-6-10(19)4-5-13(12)26-2/h4-7,9,11,24H,3,8H2,1-2H3,(H,22,25)(H,20,21,23). The second kappa shape index (κ2) is 9.05. The van der Waals surface area contributed by atoms with Gasteiger partial charge in [-0.15, -0.1) is 11.3 Å². The van der Waals surface area contributed by atoms with Gasteiger partial charge in [-0.25, -0.2) is 14.8 Å². The van der Waals surface area contributed by atoms with Gasteiger partial charge in [-0.1, -0.05) is 18.5 Å². The van der Waals surface area contributed by atoms with Crippen LogP contribution in [-0.2, 0) is 0 Å². The zero-order valence-electron chi connectivity index (χ0n) is 15.2. The van der Waals surface area contributed by atoms with E-state index in [9.17, 15) is 9.90 Å². The SMILES string of the molecule is CCC(CO)Nc1ncc2scc(OC(=O)Nc3cc(Cl)ccc3OC)c2n1. The molecule has 10 heteroatoms. The Labute approximate surface area is 170 Å². The molecule has 3 N–H and O–H groups in total. The molecule has 0 aliphatic rings. The molecule has 0 aliphatic carbocycles. The first-order valence-electron chi connectivity index (χ1n) is 8.48. The minimum atomic E-state index is -0.699. The molecule has 3 rings (SSSR count). The van der Waals surface area contributed by atoms with Crippen molar-refractivity contribution < 1.29 is 19.4 Å². The van der Waals surface area contributed by atoms with Crippen LogP contribution in [0.25, 0.3) is 10.2 Å². The van der Waals surface area contributed by atoms with E-state index < -0.39 is 6.09 Å². The van der Waals surface area contributed by atoms with Crippen LogP contribution in [-0.4, -0.2) is 40.9 Å². The second-order valence-corrected chi connectivity index (χ2v) is 7.15. The number of rotatable bonds is 7. The minimum Gasteiger partial charge on any atom is -0.495 e.